The van der Waals surface area contributed by atoms with E-state index in [0.717, 1.165) is 33.8 Å². The van der Waals surface area contributed by atoms with Gasteiger partial charge in [-0.2, -0.15) is 0 Å². The Hall–Kier alpha value is -2.21. The summed E-state index contributed by atoms with van der Waals surface area (Å²) < 4.78 is 12.8. The second-order valence-electron chi connectivity index (χ2n) is 4.64. The molecule has 0 radical (unpaired) electrons. The molecule has 0 aliphatic heterocycles. The first kappa shape index (κ1) is 14.7. The molecular formula is C16H17N3O2S. The van der Waals surface area contributed by atoms with Crippen LogP contribution < -0.4 is 4.74 Å². The minimum absolute atomic E-state index is 0.606. The van der Waals surface area contributed by atoms with Crippen LogP contribution in [0.25, 0.3) is 11.4 Å². The SMILES string of the molecule is CCSc1nnc(-c2cccc(OC)c2)n1Cc1ccco1. The third-order valence-corrected chi connectivity index (χ3v) is 4.06. The Morgan fingerprint density at radius 2 is 2.14 bits per heavy atom. The number of rotatable bonds is 6. The number of hydrogen-bond donors (Lipinski definition) is 0. The van der Waals surface area contributed by atoms with Crippen molar-refractivity contribution in [3.05, 3.63) is 48.4 Å². The molecule has 0 aliphatic rings. The summed E-state index contributed by atoms with van der Waals surface area (Å²) >= 11 is 1.67. The number of thioether (sulfide) groups is 1. The van der Waals surface area contributed by atoms with Gasteiger partial charge in [0.15, 0.2) is 11.0 Å². The molecule has 0 bridgehead atoms. The van der Waals surface area contributed by atoms with Crippen molar-refractivity contribution in [2.75, 3.05) is 12.9 Å². The minimum Gasteiger partial charge on any atom is -0.497 e. The molecule has 1 aromatic carbocycles. The van der Waals surface area contributed by atoms with Crippen molar-refractivity contribution in [3.63, 3.8) is 0 Å². The van der Waals surface area contributed by atoms with Crippen molar-refractivity contribution in [3.8, 4) is 17.1 Å². The highest BCUT2D eigenvalue weighted by Gasteiger charge is 2.15. The summed E-state index contributed by atoms with van der Waals surface area (Å²) in [6.45, 7) is 2.71. The molecule has 114 valence electrons. The maximum absolute atomic E-state index is 5.47. The molecule has 0 saturated heterocycles. The predicted octanol–water partition coefficient (Wildman–Crippen LogP) is 3.71. The van der Waals surface area contributed by atoms with Crippen molar-refractivity contribution in [2.24, 2.45) is 0 Å². The van der Waals surface area contributed by atoms with Gasteiger partial charge < -0.3 is 9.15 Å². The molecule has 3 aromatic rings. The molecule has 6 heteroatoms. The molecule has 0 spiro atoms. The topological polar surface area (TPSA) is 53.1 Å². The second-order valence-corrected chi connectivity index (χ2v) is 5.87. The fourth-order valence-corrected chi connectivity index (χ4v) is 2.86. The molecule has 2 aromatic heterocycles. The number of benzene rings is 1. The zero-order chi connectivity index (χ0) is 15.4. The van der Waals surface area contributed by atoms with Gasteiger partial charge in [-0.3, -0.25) is 4.57 Å². The summed E-state index contributed by atoms with van der Waals surface area (Å²) in [5, 5.41) is 9.55. The maximum Gasteiger partial charge on any atom is 0.191 e. The van der Waals surface area contributed by atoms with Gasteiger partial charge in [-0.05, 0) is 30.0 Å². The Balaban J connectivity index is 2.02. The Bertz CT molecular complexity index is 738. The predicted molar refractivity (Wildman–Crippen MR) is 86.2 cm³/mol. The summed E-state index contributed by atoms with van der Waals surface area (Å²) in [6, 6.07) is 11.7. The normalized spacial score (nSPS) is 10.8. The van der Waals surface area contributed by atoms with Gasteiger partial charge in [0.2, 0.25) is 0 Å². The van der Waals surface area contributed by atoms with E-state index in [4.69, 9.17) is 9.15 Å². The summed E-state index contributed by atoms with van der Waals surface area (Å²) in [5.74, 6) is 3.43. The number of hydrogen-bond acceptors (Lipinski definition) is 5. The molecule has 2 heterocycles. The average molecular weight is 315 g/mol. The van der Waals surface area contributed by atoms with Crippen LogP contribution in [0.4, 0.5) is 0 Å². The molecule has 5 nitrogen and oxygen atoms in total. The van der Waals surface area contributed by atoms with Crippen molar-refractivity contribution < 1.29 is 9.15 Å². The van der Waals surface area contributed by atoms with E-state index in [-0.39, 0.29) is 0 Å². The van der Waals surface area contributed by atoms with Crippen LogP contribution in [0.2, 0.25) is 0 Å². The van der Waals surface area contributed by atoms with Crippen LogP contribution in [-0.4, -0.2) is 27.6 Å². The van der Waals surface area contributed by atoms with Crippen LogP contribution in [0.1, 0.15) is 12.7 Å². The lowest BCUT2D eigenvalue weighted by Crippen LogP contribution is -2.03. The van der Waals surface area contributed by atoms with E-state index in [1.807, 2.05) is 36.4 Å². The van der Waals surface area contributed by atoms with E-state index < -0.39 is 0 Å². The van der Waals surface area contributed by atoms with E-state index in [1.54, 1.807) is 25.1 Å². The fraction of sp³-hybridized carbons (Fsp3) is 0.250. The van der Waals surface area contributed by atoms with Gasteiger partial charge in [-0.25, -0.2) is 0 Å². The Labute approximate surface area is 133 Å². The van der Waals surface area contributed by atoms with Crippen LogP contribution in [0.15, 0.2) is 52.2 Å². The van der Waals surface area contributed by atoms with E-state index in [0.29, 0.717) is 6.54 Å². The molecule has 22 heavy (non-hydrogen) atoms. The molecule has 0 aliphatic carbocycles. The van der Waals surface area contributed by atoms with Crippen LogP contribution in [0.3, 0.4) is 0 Å². The molecule has 0 amide bonds. The van der Waals surface area contributed by atoms with Gasteiger partial charge in [0, 0.05) is 5.56 Å². The van der Waals surface area contributed by atoms with Crippen molar-refractivity contribution in [1.29, 1.82) is 0 Å². The number of methoxy groups -OCH3 is 1. The first-order valence-electron chi connectivity index (χ1n) is 7.04. The minimum atomic E-state index is 0.606. The van der Waals surface area contributed by atoms with E-state index in [9.17, 15) is 0 Å². The Morgan fingerprint density at radius 3 is 2.86 bits per heavy atom. The molecular weight excluding hydrogens is 298 g/mol. The Morgan fingerprint density at radius 1 is 1.23 bits per heavy atom. The highest BCUT2D eigenvalue weighted by molar-refractivity contribution is 7.99. The van der Waals surface area contributed by atoms with Crippen molar-refractivity contribution >= 4 is 11.8 Å². The third-order valence-electron chi connectivity index (χ3n) is 3.21. The fourth-order valence-electron chi connectivity index (χ4n) is 2.20. The monoisotopic (exact) mass is 315 g/mol. The summed E-state index contributed by atoms with van der Waals surface area (Å²) in [7, 11) is 1.66. The van der Waals surface area contributed by atoms with Crippen molar-refractivity contribution in [1.82, 2.24) is 14.8 Å². The van der Waals surface area contributed by atoms with Gasteiger partial charge in [0.25, 0.3) is 0 Å². The van der Waals surface area contributed by atoms with Crippen LogP contribution in [0.5, 0.6) is 5.75 Å². The number of aromatic nitrogens is 3. The number of furan rings is 1. The molecule has 3 rings (SSSR count). The first-order valence-corrected chi connectivity index (χ1v) is 8.03. The molecule has 0 fully saturated rings. The van der Waals surface area contributed by atoms with Gasteiger partial charge in [0.1, 0.15) is 11.5 Å². The van der Waals surface area contributed by atoms with Gasteiger partial charge in [-0.1, -0.05) is 30.8 Å². The lowest BCUT2D eigenvalue weighted by atomic mass is 10.2. The van der Waals surface area contributed by atoms with E-state index >= 15 is 0 Å². The highest BCUT2D eigenvalue weighted by atomic mass is 32.2. The quantitative estimate of drug-likeness (QED) is 0.649. The summed E-state index contributed by atoms with van der Waals surface area (Å²) in [6.07, 6.45) is 1.68. The molecule has 0 N–H and O–H groups in total. The maximum atomic E-state index is 5.47. The van der Waals surface area contributed by atoms with Crippen LogP contribution >= 0.6 is 11.8 Å². The molecule has 0 saturated carbocycles. The van der Waals surface area contributed by atoms with Crippen LogP contribution in [0, 0.1) is 0 Å². The second kappa shape index (κ2) is 6.70. The standard InChI is InChI=1S/C16H17N3O2S/c1-3-22-16-18-17-15(12-6-4-7-13(10-12)20-2)19(16)11-14-8-5-9-21-14/h4-10H,3,11H2,1-2H3. The third kappa shape index (κ3) is 3.01. The average Bonchev–Trinajstić information content (AvgIpc) is 3.19. The lowest BCUT2D eigenvalue weighted by molar-refractivity contribution is 0.415. The lowest BCUT2D eigenvalue weighted by Gasteiger charge is -2.09. The highest BCUT2D eigenvalue weighted by Crippen LogP contribution is 2.27. The van der Waals surface area contributed by atoms with Gasteiger partial charge in [-0.15, -0.1) is 10.2 Å². The largest absolute Gasteiger partial charge is 0.497 e. The van der Waals surface area contributed by atoms with E-state index in [1.165, 1.54) is 0 Å². The van der Waals surface area contributed by atoms with Crippen LogP contribution in [-0.2, 0) is 6.54 Å². The van der Waals surface area contributed by atoms with E-state index in [2.05, 4.69) is 21.7 Å². The number of nitrogens with zero attached hydrogens (tertiary/aromatic N) is 3. The van der Waals surface area contributed by atoms with Gasteiger partial charge in [0.05, 0.1) is 19.9 Å². The first-order chi connectivity index (χ1) is 10.8. The van der Waals surface area contributed by atoms with Crippen molar-refractivity contribution in [2.45, 2.75) is 18.6 Å². The number of ether oxygens (including phenoxy) is 1. The zero-order valence-corrected chi connectivity index (χ0v) is 13.3. The molecule has 0 atom stereocenters. The van der Waals surface area contributed by atoms with Gasteiger partial charge >= 0.3 is 0 Å². The molecule has 0 unspecified atom stereocenters. The Kier molecular flexibility index (Phi) is 4.48. The zero-order valence-electron chi connectivity index (χ0n) is 12.5. The summed E-state index contributed by atoms with van der Waals surface area (Å²) in [4.78, 5) is 0. The smallest absolute Gasteiger partial charge is 0.191 e. The summed E-state index contributed by atoms with van der Waals surface area (Å²) in [5.41, 5.74) is 0.973.